The quantitative estimate of drug-likeness (QED) is 0.897. The zero-order valence-corrected chi connectivity index (χ0v) is 13.5. The summed E-state index contributed by atoms with van der Waals surface area (Å²) in [6, 6.07) is 3.04. The van der Waals surface area contributed by atoms with Gasteiger partial charge in [-0.05, 0) is 25.0 Å². The molecule has 1 aromatic carbocycles. The van der Waals surface area contributed by atoms with E-state index in [4.69, 9.17) is 0 Å². The summed E-state index contributed by atoms with van der Waals surface area (Å²) in [5.41, 5.74) is 1.19. The molecule has 0 aromatic heterocycles. The van der Waals surface area contributed by atoms with Crippen molar-refractivity contribution in [1.29, 1.82) is 0 Å². The lowest BCUT2D eigenvalue weighted by atomic mass is 9.98. The number of hydrogen-bond donors (Lipinski definition) is 2. The maximum atomic E-state index is 14.0. The maximum absolute atomic E-state index is 14.0. The highest BCUT2D eigenvalue weighted by atomic mass is 35.5. The molecule has 0 saturated carbocycles. The van der Waals surface area contributed by atoms with Crippen LogP contribution in [0.15, 0.2) is 12.1 Å². The van der Waals surface area contributed by atoms with Crippen LogP contribution in [0.5, 0.6) is 5.75 Å². The maximum Gasteiger partial charge on any atom is 0.131 e. The Kier molecular flexibility index (Phi) is 8.44. The van der Waals surface area contributed by atoms with Crippen molar-refractivity contribution in [3.63, 3.8) is 0 Å². The lowest BCUT2D eigenvalue weighted by molar-refractivity contribution is 0.163. The Morgan fingerprint density at radius 3 is 2.45 bits per heavy atom. The van der Waals surface area contributed by atoms with Crippen molar-refractivity contribution < 1.29 is 9.50 Å². The minimum absolute atomic E-state index is 0. The molecule has 1 aliphatic heterocycles. The van der Waals surface area contributed by atoms with Crippen LogP contribution in [0.2, 0.25) is 0 Å². The van der Waals surface area contributed by atoms with E-state index in [1.807, 2.05) is 13.8 Å². The van der Waals surface area contributed by atoms with Crippen molar-refractivity contribution >= 4 is 24.8 Å². The molecular weight excluding hydrogens is 302 g/mol. The topological polar surface area (TPSA) is 35.5 Å². The number of hydrogen-bond acceptors (Lipinski definition) is 3. The van der Waals surface area contributed by atoms with Crippen LogP contribution in [0.25, 0.3) is 0 Å². The van der Waals surface area contributed by atoms with E-state index in [2.05, 4.69) is 10.2 Å². The van der Waals surface area contributed by atoms with Crippen molar-refractivity contribution in [3.8, 4) is 5.75 Å². The number of rotatable bonds is 3. The number of halogens is 3. The lowest BCUT2D eigenvalue weighted by Gasteiger charge is -2.35. The van der Waals surface area contributed by atoms with Gasteiger partial charge in [-0.3, -0.25) is 4.90 Å². The summed E-state index contributed by atoms with van der Waals surface area (Å²) in [7, 11) is 0. The summed E-state index contributed by atoms with van der Waals surface area (Å²) in [4.78, 5) is 2.24. The standard InChI is InChI=1S/C14H21FN2O.2ClH/c1-3-12(17-8-6-16-7-9-17)13-11(15)5-4-10(2)14(13)18;;/h4-5,12,16,18H,3,6-9H2,1-2H3;2*1H/t12-;;/m0../s1. The van der Waals surface area contributed by atoms with Crippen LogP contribution in [0, 0.1) is 12.7 Å². The summed E-state index contributed by atoms with van der Waals surface area (Å²) in [6.45, 7) is 7.47. The van der Waals surface area contributed by atoms with E-state index in [1.165, 1.54) is 6.07 Å². The van der Waals surface area contributed by atoms with Gasteiger partial charge in [-0.25, -0.2) is 4.39 Å². The van der Waals surface area contributed by atoms with Crippen molar-refractivity contribution in [2.75, 3.05) is 26.2 Å². The van der Waals surface area contributed by atoms with E-state index in [0.29, 0.717) is 5.56 Å². The van der Waals surface area contributed by atoms with E-state index >= 15 is 0 Å². The Morgan fingerprint density at radius 1 is 1.30 bits per heavy atom. The van der Waals surface area contributed by atoms with Gasteiger partial charge in [-0.15, -0.1) is 24.8 Å². The molecule has 1 fully saturated rings. The first-order valence-corrected chi connectivity index (χ1v) is 6.58. The number of phenolic OH excluding ortho intramolecular Hbond substituents is 1. The highest BCUT2D eigenvalue weighted by Gasteiger charge is 2.26. The molecule has 2 N–H and O–H groups in total. The van der Waals surface area contributed by atoms with E-state index < -0.39 is 0 Å². The van der Waals surface area contributed by atoms with E-state index in [9.17, 15) is 9.50 Å². The molecule has 1 heterocycles. The van der Waals surface area contributed by atoms with Gasteiger partial charge in [0.2, 0.25) is 0 Å². The number of piperazine rings is 1. The molecule has 0 bridgehead atoms. The van der Waals surface area contributed by atoms with Crippen molar-refractivity contribution in [3.05, 3.63) is 29.1 Å². The van der Waals surface area contributed by atoms with Gasteiger partial charge in [-0.1, -0.05) is 13.0 Å². The predicted octanol–water partition coefficient (Wildman–Crippen LogP) is 3.04. The van der Waals surface area contributed by atoms with Gasteiger partial charge in [0.25, 0.3) is 0 Å². The number of nitrogens with zero attached hydrogens (tertiary/aromatic N) is 1. The molecule has 3 nitrogen and oxygen atoms in total. The van der Waals surface area contributed by atoms with Gasteiger partial charge in [0.15, 0.2) is 0 Å². The summed E-state index contributed by atoms with van der Waals surface area (Å²) in [5, 5.41) is 13.4. The third-order valence-electron chi connectivity index (χ3n) is 3.68. The average molecular weight is 325 g/mol. The largest absolute Gasteiger partial charge is 0.507 e. The van der Waals surface area contributed by atoms with Crippen LogP contribution in [0.4, 0.5) is 4.39 Å². The Bertz CT molecular complexity index is 426. The molecule has 1 aromatic rings. The normalized spacial score (nSPS) is 16.9. The second-order valence-electron chi connectivity index (χ2n) is 4.84. The molecule has 0 aliphatic carbocycles. The van der Waals surface area contributed by atoms with Crippen LogP contribution in [-0.2, 0) is 0 Å². The van der Waals surface area contributed by atoms with Crippen LogP contribution >= 0.6 is 24.8 Å². The molecule has 6 heteroatoms. The van der Waals surface area contributed by atoms with Gasteiger partial charge in [0.1, 0.15) is 11.6 Å². The van der Waals surface area contributed by atoms with E-state index in [-0.39, 0.29) is 42.4 Å². The minimum atomic E-state index is -0.302. The third-order valence-corrected chi connectivity index (χ3v) is 3.68. The van der Waals surface area contributed by atoms with Crippen molar-refractivity contribution in [1.82, 2.24) is 10.2 Å². The molecule has 20 heavy (non-hydrogen) atoms. The summed E-state index contributed by atoms with van der Waals surface area (Å²) in [5.74, 6) is -0.191. The zero-order chi connectivity index (χ0) is 13.1. The molecule has 1 saturated heterocycles. The predicted molar refractivity (Wildman–Crippen MR) is 84.8 cm³/mol. The van der Waals surface area contributed by atoms with E-state index in [1.54, 1.807) is 6.07 Å². The highest BCUT2D eigenvalue weighted by Crippen LogP contribution is 2.35. The fourth-order valence-electron chi connectivity index (χ4n) is 2.65. The van der Waals surface area contributed by atoms with Crippen LogP contribution in [0.1, 0.15) is 30.5 Å². The molecule has 2 rings (SSSR count). The number of aryl methyl sites for hydroxylation is 1. The van der Waals surface area contributed by atoms with Crippen LogP contribution < -0.4 is 5.32 Å². The highest BCUT2D eigenvalue weighted by molar-refractivity contribution is 5.85. The molecule has 0 radical (unpaired) electrons. The number of aromatic hydroxyl groups is 1. The summed E-state index contributed by atoms with van der Waals surface area (Å²) >= 11 is 0. The van der Waals surface area contributed by atoms with Gasteiger partial charge < -0.3 is 10.4 Å². The van der Waals surface area contributed by atoms with Crippen LogP contribution in [0.3, 0.4) is 0 Å². The fraction of sp³-hybridized carbons (Fsp3) is 0.571. The molecular formula is C14H23Cl2FN2O. The fourth-order valence-corrected chi connectivity index (χ4v) is 2.65. The van der Waals surface area contributed by atoms with Gasteiger partial charge in [0, 0.05) is 37.8 Å². The molecule has 1 aliphatic rings. The second-order valence-corrected chi connectivity index (χ2v) is 4.84. The number of benzene rings is 1. The molecule has 0 spiro atoms. The summed E-state index contributed by atoms with van der Waals surface area (Å²) in [6.07, 6.45) is 0.800. The van der Waals surface area contributed by atoms with Crippen molar-refractivity contribution in [2.45, 2.75) is 26.3 Å². The monoisotopic (exact) mass is 324 g/mol. The Morgan fingerprint density at radius 2 is 1.90 bits per heavy atom. The minimum Gasteiger partial charge on any atom is -0.507 e. The SMILES string of the molecule is CC[C@@H](c1c(F)ccc(C)c1O)N1CCNCC1.Cl.Cl. The third kappa shape index (κ3) is 3.98. The molecule has 0 amide bonds. The first-order chi connectivity index (χ1) is 8.65. The number of phenols is 1. The average Bonchev–Trinajstić information content (AvgIpc) is 2.40. The Hall–Kier alpha value is -0.550. The van der Waals surface area contributed by atoms with Gasteiger partial charge in [-0.2, -0.15) is 0 Å². The Balaban J connectivity index is 0.00000180. The van der Waals surface area contributed by atoms with E-state index in [0.717, 1.165) is 38.2 Å². The first-order valence-electron chi connectivity index (χ1n) is 6.58. The zero-order valence-electron chi connectivity index (χ0n) is 11.9. The van der Waals surface area contributed by atoms with Crippen molar-refractivity contribution in [2.24, 2.45) is 0 Å². The first kappa shape index (κ1) is 19.4. The van der Waals surface area contributed by atoms with Gasteiger partial charge >= 0.3 is 0 Å². The summed E-state index contributed by atoms with van der Waals surface area (Å²) < 4.78 is 14.0. The molecule has 0 unspecified atom stereocenters. The number of nitrogens with one attached hydrogen (secondary N) is 1. The molecule has 116 valence electrons. The smallest absolute Gasteiger partial charge is 0.131 e. The van der Waals surface area contributed by atoms with Crippen LogP contribution in [-0.4, -0.2) is 36.2 Å². The lowest BCUT2D eigenvalue weighted by Crippen LogP contribution is -2.45. The van der Waals surface area contributed by atoms with Gasteiger partial charge in [0.05, 0.1) is 0 Å². The molecule has 1 atom stereocenters. The Labute approximate surface area is 132 Å². The second kappa shape index (κ2) is 8.67.